The van der Waals surface area contributed by atoms with Gasteiger partial charge in [0.25, 0.3) is 0 Å². The number of hydrogen-bond donors (Lipinski definition) is 0. The van der Waals surface area contributed by atoms with Crippen molar-refractivity contribution < 1.29 is 9.47 Å². The van der Waals surface area contributed by atoms with E-state index in [4.69, 9.17) is 9.47 Å². The highest BCUT2D eigenvalue weighted by atomic mass is 16.5. The molecule has 3 aliphatic rings. The Labute approximate surface area is 317 Å². The second-order valence-corrected chi connectivity index (χ2v) is 15.1. The zero-order chi connectivity index (χ0) is 36.6. The smallest absolute Gasteiger partial charge is 0.155 e. The van der Waals surface area contributed by atoms with Crippen molar-refractivity contribution in [2.24, 2.45) is 0 Å². The fourth-order valence-corrected chi connectivity index (χ4v) is 9.00. The number of hydrogen-bond acceptors (Lipinski definition) is 4. The Balaban J connectivity index is 1.32. The lowest BCUT2D eigenvalue weighted by atomic mass is 9.76. The second-order valence-electron chi connectivity index (χ2n) is 15.1. The van der Waals surface area contributed by atoms with Crippen LogP contribution in [0, 0.1) is 6.04 Å². The molecule has 0 aromatic heterocycles. The molecule has 0 saturated carbocycles. The molecule has 4 nitrogen and oxygen atoms in total. The highest BCUT2D eigenvalue weighted by Crippen LogP contribution is 2.63. The van der Waals surface area contributed by atoms with Gasteiger partial charge in [-0.25, -0.2) is 0 Å². The van der Waals surface area contributed by atoms with E-state index >= 15 is 0 Å². The first-order chi connectivity index (χ1) is 26.5. The van der Waals surface area contributed by atoms with Gasteiger partial charge in [0, 0.05) is 5.69 Å². The zero-order valence-corrected chi connectivity index (χ0v) is 31.0. The van der Waals surface area contributed by atoms with Crippen molar-refractivity contribution in [2.75, 3.05) is 9.80 Å². The molecule has 1 radical (unpaired) electrons. The lowest BCUT2D eigenvalue weighted by molar-refractivity contribution is 0.445. The Kier molecular flexibility index (Phi) is 7.45. The second kappa shape index (κ2) is 12.4. The fraction of sp³-hybridized carbons (Fsp3) is 0.140. The first kappa shape index (κ1) is 32.4. The summed E-state index contributed by atoms with van der Waals surface area (Å²) in [5.74, 6) is 3.69. The maximum absolute atomic E-state index is 6.86. The number of para-hydroxylation sites is 5. The summed E-state index contributed by atoms with van der Waals surface area (Å²) in [7, 11) is 0. The summed E-state index contributed by atoms with van der Waals surface area (Å²) in [5, 5.41) is 0. The maximum atomic E-state index is 6.86. The molecule has 0 fully saturated rings. The van der Waals surface area contributed by atoms with Gasteiger partial charge in [-0.2, -0.15) is 0 Å². The molecule has 0 N–H and O–H groups in total. The molecule has 3 heterocycles. The standard InChI is InChI=1S/C50H41N2O2/c1-32(2)37-23-17-24-38(33(3)4)48(37)52-47(39-22-11-12-25-40(39)50(52,35-18-7-5-8-19-35)36-20-9-6-10-21-36)34-30-45-49-46(31-34)54-44-29-16-14-27-42(44)51(49)41-26-13-15-28-43(41)53-45/h5-33H,1-4H3. The average Bonchev–Trinajstić information content (AvgIpc) is 3.52. The fourth-order valence-electron chi connectivity index (χ4n) is 9.00. The van der Waals surface area contributed by atoms with E-state index in [-0.39, 0.29) is 11.8 Å². The number of nitrogens with zero attached hydrogens (tertiary/aromatic N) is 2. The molecule has 263 valence electrons. The van der Waals surface area contributed by atoms with Crippen molar-refractivity contribution in [3.8, 4) is 23.0 Å². The molecule has 7 aromatic carbocycles. The van der Waals surface area contributed by atoms with Gasteiger partial charge in [0.05, 0.1) is 11.4 Å². The number of ether oxygens (including phenoxy) is 2. The monoisotopic (exact) mass is 701 g/mol. The van der Waals surface area contributed by atoms with Gasteiger partial charge in [-0.15, -0.1) is 0 Å². The largest absolute Gasteiger partial charge is 0.453 e. The highest BCUT2D eigenvalue weighted by molar-refractivity contribution is 5.94. The predicted molar refractivity (Wildman–Crippen MR) is 219 cm³/mol. The molecule has 54 heavy (non-hydrogen) atoms. The third kappa shape index (κ3) is 4.62. The summed E-state index contributed by atoms with van der Waals surface area (Å²) in [4.78, 5) is 4.97. The van der Waals surface area contributed by atoms with Crippen LogP contribution < -0.4 is 19.3 Å². The van der Waals surface area contributed by atoms with Crippen LogP contribution >= 0.6 is 0 Å². The molecule has 0 atom stereocenters. The Morgan fingerprint density at radius 3 is 1.48 bits per heavy atom. The summed E-state index contributed by atoms with van der Waals surface area (Å²) < 4.78 is 13.7. The van der Waals surface area contributed by atoms with Crippen LogP contribution in [0.25, 0.3) is 0 Å². The lowest BCUT2D eigenvalue weighted by Gasteiger charge is -2.46. The van der Waals surface area contributed by atoms with Gasteiger partial charge in [0.1, 0.15) is 17.3 Å². The predicted octanol–water partition coefficient (Wildman–Crippen LogP) is 13.4. The van der Waals surface area contributed by atoms with E-state index in [1.165, 1.54) is 39.1 Å². The first-order valence-electron chi connectivity index (χ1n) is 19.0. The topological polar surface area (TPSA) is 24.9 Å². The Bertz CT molecular complexity index is 2400. The molecule has 0 bridgehead atoms. The summed E-state index contributed by atoms with van der Waals surface area (Å²) in [6, 6.07) is 60.1. The van der Waals surface area contributed by atoms with E-state index in [0.717, 1.165) is 51.7 Å². The van der Waals surface area contributed by atoms with Gasteiger partial charge >= 0.3 is 0 Å². The van der Waals surface area contributed by atoms with Crippen molar-refractivity contribution >= 4 is 22.7 Å². The van der Waals surface area contributed by atoms with Crippen LogP contribution in [0.3, 0.4) is 0 Å². The van der Waals surface area contributed by atoms with Crippen LogP contribution in [0.2, 0.25) is 0 Å². The van der Waals surface area contributed by atoms with Crippen LogP contribution in [0.1, 0.15) is 78.5 Å². The number of benzene rings is 7. The van der Waals surface area contributed by atoms with E-state index in [2.05, 4.69) is 189 Å². The first-order valence-corrected chi connectivity index (χ1v) is 19.0. The van der Waals surface area contributed by atoms with Crippen LogP contribution in [-0.2, 0) is 5.54 Å². The highest BCUT2D eigenvalue weighted by Gasteiger charge is 2.55. The summed E-state index contributed by atoms with van der Waals surface area (Å²) in [6.07, 6.45) is 0. The van der Waals surface area contributed by atoms with Crippen molar-refractivity contribution in [1.29, 1.82) is 0 Å². The normalized spacial score (nSPS) is 14.9. The quantitative estimate of drug-likeness (QED) is 0.172. The van der Waals surface area contributed by atoms with Gasteiger partial charge in [0.15, 0.2) is 23.0 Å². The molecule has 10 rings (SSSR count). The van der Waals surface area contributed by atoms with E-state index in [0.29, 0.717) is 0 Å². The Morgan fingerprint density at radius 1 is 0.463 bits per heavy atom. The number of fused-ring (bicyclic) bond motifs is 5. The number of rotatable bonds is 6. The zero-order valence-electron chi connectivity index (χ0n) is 31.0. The molecule has 7 aromatic rings. The van der Waals surface area contributed by atoms with Crippen molar-refractivity contribution in [1.82, 2.24) is 0 Å². The third-order valence-electron chi connectivity index (χ3n) is 11.3. The summed E-state index contributed by atoms with van der Waals surface area (Å²) in [6.45, 7) is 9.25. The van der Waals surface area contributed by atoms with Crippen LogP contribution in [0.4, 0.5) is 22.7 Å². The van der Waals surface area contributed by atoms with Crippen LogP contribution in [-0.4, -0.2) is 0 Å². The Morgan fingerprint density at radius 2 is 0.944 bits per heavy atom. The van der Waals surface area contributed by atoms with Gasteiger partial charge in [0.2, 0.25) is 0 Å². The third-order valence-corrected chi connectivity index (χ3v) is 11.3. The maximum Gasteiger partial charge on any atom is 0.155 e. The van der Waals surface area contributed by atoms with E-state index in [1.54, 1.807) is 0 Å². The van der Waals surface area contributed by atoms with Crippen LogP contribution in [0.15, 0.2) is 164 Å². The molecular formula is C50H41N2O2. The average molecular weight is 702 g/mol. The van der Waals surface area contributed by atoms with Gasteiger partial charge < -0.3 is 14.4 Å². The molecule has 3 aliphatic heterocycles. The minimum atomic E-state index is -0.705. The summed E-state index contributed by atoms with van der Waals surface area (Å²) >= 11 is 0. The lowest BCUT2D eigenvalue weighted by Crippen LogP contribution is -2.46. The molecule has 0 aliphatic carbocycles. The minimum absolute atomic E-state index is 0.269. The van der Waals surface area contributed by atoms with E-state index in [9.17, 15) is 0 Å². The van der Waals surface area contributed by atoms with Crippen molar-refractivity contribution in [2.45, 2.75) is 45.1 Å². The Hall–Kier alpha value is -6.26. The molecule has 0 spiro atoms. The molecule has 0 unspecified atom stereocenters. The number of anilines is 4. The van der Waals surface area contributed by atoms with E-state index in [1.807, 2.05) is 12.1 Å². The molecule has 4 heteroatoms. The van der Waals surface area contributed by atoms with Gasteiger partial charge in [-0.3, -0.25) is 4.90 Å². The van der Waals surface area contributed by atoms with Crippen molar-refractivity contribution in [3.05, 3.63) is 209 Å². The molecule has 0 amide bonds. The van der Waals surface area contributed by atoms with Gasteiger partial charge in [-0.05, 0) is 87.2 Å². The SMILES string of the molecule is CC(C)c1cccc(C(C)C)c1N1[C](c2cc3c4c(c2)Oc2ccccc2N4c2ccccc2O3)c2ccccc2C1(c1ccccc1)c1ccccc1. The van der Waals surface area contributed by atoms with E-state index < -0.39 is 5.54 Å². The van der Waals surface area contributed by atoms with Crippen LogP contribution in [0.5, 0.6) is 23.0 Å². The van der Waals surface area contributed by atoms with Crippen molar-refractivity contribution in [3.63, 3.8) is 0 Å². The molecule has 0 saturated heterocycles. The molecular weight excluding hydrogens is 661 g/mol. The minimum Gasteiger partial charge on any atom is -0.453 e. The summed E-state index contributed by atoms with van der Waals surface area (Å²) in [5.41, 5.74) is 11.9. The van der Waals surface area contributed by atoms with Gasteiger partial charge in [-0.1, -0.05) is 155 Å².